The normalized spacial score (nSPS) is 12.3. The number of rotatable bonds is 5. The van der Waals surface area contributed by atoms with E-state index in [1.807, 2.05) is 0 Å². The summed E-state index contributed by atoms with van der Waals surface area (Å²) in [6.45, 7) is 1.76. The van der Waals surface area contributed by atoms with Gasteiger partial charge >= 0.3 is 5.88 Å². The third-order valence-corrected chi connectivity index (χ3v) is 2.92. The fourth-order valence-corrected chi connectivity index (χ4v) is 1.78. The molecule has 1 heterocycles. The highest BCUT2D eigenvalue weighted by atomic mass is 19.1. The zero-order chi connectivity index (χ0) is 16.1. The number of hydrogen-bond donors (Lipinski definition) is 1. The van der Waals surface area contributed by atoms with Crippen molar-refractivity contribution in [3.8, 4) is 0 Å². The Morgan fingerprint density at radius 3 is 2.59 bits per heavy atom. The third-order valence-electron chi connectivity index (χ3n) is 2.92. The second-order valence-corrected chi connectivity index (χ2v) is 4.55. The summed E-state index contributed by atoms with van der Waals surface area (Å²) in [5.41, 5.74) is 0.761. The smallest absolute Gasteiger partial charge is 0.401 e. The lowest BCUT2D eigenvalue weighted by atomic mass is 10.1. The highest BCUT2D eigenvalue weighted by molar-refractivity contribution is 5.91. The average Bonchev–Trinajstić information content (AvgIpc) is 2.95. The minimum absolute atomic E-state index is 0.205. The lowest BCUT2D eigenvalue weighted by Crippen LogP contribution is -2.24. The molecule has 0 unspecified atom stereocenters. The first-order valence-electron chi connectivity index (χ1n) is 6.44. The number of nitrogens with one attached hydrogen (secondary N) is 1. The van der Waals surface area contributed by atoms with E-state index in [1.165, 1.54) is 36.4 Å². The van der Waals surface area contributed by atoms with Crippen LogP contribution in [0, 0.1) is 15.9 Å². The number of nitrogens with zero attached hydrogens (tertiary/aromatic N) is 1. The van der Waals surface area contributed by atoms with Crippen molar-refractivity contribution in [3.63, 3.8) is 0 Å². The van der Waals surface area contributed by atoms with E-state index < -0.39 is 10.8 Å². The van der Waals surface area contributed by atoms with Gasteiger partial charge in [-0.3, -0.25) is 14.9 Å². The summed E-state index contributed by atoms with van der Waals surface area (Å²) in [4.78, 5) is 21.6. The van der Waals surface area contributed by atoms with E-state index in [2.05, 4.69) is 5.32 Å². The molecule has 2 rings (SSSR count). The molecule has 7 heteroatoms. The molecule has 0 saturated carbocycles. The quantitative estimate of drug-likeness (QED) is 0.522. The van der Waals surface area contributed by atoms with E-state index in [0.717, 1.165) is 5.56 Å². The van der Waals surface area contributed by atoms with Gasteiger partial charge in [0, 0.05) is 6.08 Å². The lowest BCUT2D eigenvalue weighted by Gasteiger charge is -2.12. The molecular weight excluding hydrogens is 291 g/mol. The van der Waals surface area contributed by atoms with Crippen molar-refractivity contribution in [1.29, 1.82) is 0 Å². The van der Waals surface area contributed by atoms with Crippen LogP contribution in [-0.2, 0) is 4.79 Å². The highest BCUT2D eigenvalue weighted by Crippen LogP contribution is 2.17. The fraction of sp³-hybridized carbons (Fsp3) is 0.133. The second-order valence-electron chi connectivity index (χ2n) is 4.55. The largest absolute Gasteiger partial charge is 0.433 e. The molecule has 1 aromatic heterocycles. The van der Waals surface area contributed by atoms with Crippen LogP contribution in [0.1, 0.15) is 24.3 Å². The Kier molecular flexibility index (Phi) is 4.67. The van der Waals surface area contributed by atoms with E-state index in [9.17, 15) is 19.3 Å². The van der Waals surface area contributed by atoms with Crippen LogP contribution in [0.2, 0.25) is 0 Å². The van der Waals surface area contributed by atoms with Gasteiger partial charge in [-0.25, -0.2) is 4.39 Å². The summed E-state index contributed by atoms with van der Waals surface area (Å²) < 4.78 is 17.7. The highest BCUT2D eigenvalue weighted by Gasteiger charge is 2.11. The molecule has 0 aliphatic carbocycles. The van der Waals surface area contributed by atoms with E-state index in [0.29, 0.717) is 0 Å². The Morgan fingerprint density at radius 2 is 2.00 bits per heavy atom. The Labute approximate surface area is 125 Å². The number of halogens is 1. The summed E-state index contributed by atoms with van der Waals surface area (Å²) in [6.07, 6.45) is 2.54. The van der Waals surface area contributed by atoms with Crippen LogP contribution in [0.3, 0.4) is 0 Å². The molecule has 6 nitrogen and oxygen atoms in total. The van der Waals surface area contributed by atoms with Crippen LogP contribution < -0.4 is 5.32 Å². The van der Waals surface area contributed by atoms with Gasteiger partial charge in [-0.15, -0.1) is 0 Å². The Balaban J connectivity index is 1.95. The predicted octanol–water partition coefficient (Wildman–Crippen LogP) is 3.22. The predicted molar refractivity (Wildman–Crippen MR) is 77.4 cm³/mol. The number of amides is 1. The van der Waals surface area contributed by atoms with Crippen LogP contribution in [0.5, 0.6) is 0 Å². The summed E-state index contributed by atoms with van der Waals surface area (Å²) in [7, 11) is 0. The second kappa shape index (κ2) is 6.66. The van der Waals surface area contributed by atoms with Gasteiger partial charge in [-0.1, -0.05) is 12.1 Å². The maximum Gasteiger partial charge on any atom is 0.433 e. The zero-order valence-electron chi connectivity index (χ0n) is 11.7. The van der Waals surface area contributed by atoms with Crippen LogP contribution in [-0.4, -0.2) is 10.8 Å². The zero-order valence-corrected chi connectivity index (χ0v) is 11.7. The first kappa shape index (κ1) is 15.4. The molecule has 0 spiro atoms. The molecule has 2 aromatic rings. The minimum Gasteiger partial charge on any atom is -0.401 e. The van der Waals surface area contributed by atoms with Crippen LogP contribution >= 0.6 is 0 Å². The van der Waals surface area contributed by atoms with Gasteiger partial charge in [0.25, 0.3) is 0 Å². The van der Waals surface area contributed by atoms with Crippen LogP contribution in [0.4, 0.5) is 10.3 Å². The molecule has 1 aromatic carbocycles. The van der Waals surface area contributed by atoms with Crippen molar-refractivity contribution in [2.45, 2.75) is 13.0 Å². The Bertz CT molecular complexity index is 707. The molecule has 0 saturated heterocycles. The maximum atomic E-state index is 12.8. The lowest BCUT2D eigenvalue weighted by molar-refractivity contribution is -0.402. The number of hydrogen-bond acceptors (Lipinski definition) is 4. The first-order chi connectivity index (χ1) is 10.5. The summed E-state index contributed by atoms with van der Waals surface area (Å²) in [6, 6.07) is 8.10. The van der Waals surface area contributed by atoms with Crippen molar-refractivity contribution in [2.75, 3.05) is 0 Å². The monoisotopic (exact) mass is 304 g/mol. The van der Waals surface area contributed by atoms with Crippen molar-refractivity contribution in [1.82, 2.24) is 5.32 Å². The average molecular weight is 304 g/mol. The molecule has 22 heavy (non-hydrogen) atoms. The molecule has 1 N–H and O–H groups in total. The number of nitro groups is 1. The molecule has 0 radical (unpaired) electrons. The summed E-state index contributed by atoms with van der Waals surface area (Å²) in [5, 5.41) is 13.2. The molecule has 0 fully saturated rings. The standard InChI is InChI=1S/C15H13FN2O4/c1-10(11-2-4-12(16)5-3-11)17-14(19)8-6-13-7-9-15(22-13)18(20)21/h2-10H,1H3,(H,17,19)/b8-6+/t10-/m0/s1. The Hall–Kier alpha value is -2.96. The van der Waals surface area contributed by atoms with E-state index in [1.54, 1.807) is 19.1 Å². The van der Waals surface area contributed by atoms with Crippen LogP contribution in [0.15, 0.2) is 46.9 Å². The molecule has 1 atom stereocenters. The van der Waals surface area contributed by atoms with Gasteiger partial charge in [-0.2, -0.15) is 0 Å². The fourth-order valence-electron chi connectivity index (χ4n) is 1.78. The molecule has 1 amide bonds. The molecule has 0 aliphatic rings. The topological polar surface area (TPSA) is 85.4 Å². The minimum atomic E-state index is -0.659. The van der Waals surface area contributed by atoms with Crippen LogP contribution in [0.25, 0.3) is 6.08 Å². The van der Waals surface area contributed by atoms with E-state index in [-0.39, 0.29) is 23.5 Å². The van der Waals surface area contributed by atoms with Gasteiger partial charge in [0.2, 0.25) is 5.91 Å². The number of furan rings is 1. The summed E-state index contributed by atoms with van der Waals surface area (Å²) >= 11 is 0. The van der Waals surface area contributed by atoms with Crippen molar-refractivity contribution in [2.24, 2.45) is 0 Å². The Morgan fingerprint density at radius 1 is 1.32 bits per heavy atom. The molecular formula is C15H13FN2O4. The van der Waals surface area contributed by atoms with Gasteiger partial charge in [0.1, 0.15) is 16.5 Å². The number of benzene rings is 1. The SMILES string of the molecule is C[C@H](NC(=O)/C=C/c1ccc([N+](=O)[O-])o1)c1ccc(F)cc1. The van der Waals surface area contributed by atoms with Gasteiger partial charge < -0.3 is 9.73 Å². The van der Waals surface area contributed by atoms with Crippen molar-refractivity contribution >= 4 is 17.9 Å². The van der Waals surface area contributed by atoms with Crippen molar-refractivity contribution < 1.29 is 18.5 Å². The van der Waals surface area contributed by atoms with Gasteiger partial charge in [-0.05, 0) is 36.8 Å². The molecule has 114 valence electrons. The van der Waals surface area contributed by atoms with Gasteiger partial charge in [0.15, 0.2) is 0 Å². The summed E-state index contributed by atoms with van der Waals surface area (Å²) in [5.74, 6) is -0.923. The van der Waals surface area contributed by atoms with Gasteiger partial charge in [0.05, 0.1) is 12.1 Å². The number of carbonyl (C=O) groups excluding carboxylic acids is 1. The maximum absolute atomic E-state index is 12.8. The van der Waals surface area contributed by atoms with E-state index in [4.69, 9.17) is 4.42 Å². The number of carbonyl (C=O) groups is 1. The molecule has 0 bridgehead atoms. The third kappa shape index (κ3) is 4.02. The molecule has 0 aliphatic heterocycles. The van der Waals surface area contributed by atoms with E-state index >= 15 is 0 Å². The van der Waals surface area contributed by atoms with Crippen molar-refractivity contribution in [3.05, 3.63) is 69.7 Å². The first-order valence-corrected chi connectivity index (χ1v) is 6.44.